The van der Waals surface area contributed by atoms with Crippen molar-refractivity contribution in [3.63, 3.8) is 0 Å². The zero-order valence-corrected chi connectivity index (χ0v) is 12.6. The smallest absolute Gasteiger partial charge is 0.0924 e. The van der Waals surface area contributed by atoms with Gasteiger partial charge < -0.3 is 15.7 Å². The molecule has 1 aromatic carbocycles. The number of hydrogen-bond acceptors (Lipinski definition) is 4. The number of aromatic nitrogens is 2. The first-order valence-corrected chi connectivity index (χ1v) is 7.02. The molecular formula is C15H21ClN4O. The van der Waals surface area contributed by atoms with Gasteiger partial charge in [0.15, 0.2) is 0 Å². The summed E-state index contributed by atoms with van der Waals surface area (Å²) in [5.41, 5.74) is 3.14. The number of hydrogen-bond donors (Lipinski definition) is 4. The Balaban J connectivity index is 0.00000161. The van der Waals surface area contributed by atoms with E-state index in [2.05, 4.69) is 26.9 Å². The largest absolute Gasteiger partial charge is 0.391 e. The summed E-state index contributed by atoms with van der Waals surface area (Å²) in [6.07, 6.45) is -0.232. The van der Waals surface area contributed by atoms with Gasteiger partial charge >= 0.3 is 0 Å². The first kappa shape index (κ1) is 16.0. The number of halogens is 1. The van der Waals surface area contributed by atoms with Crippen LogP contribution in [0.3, 0.4) is 0 Å². The molecule has 2 atom stereocenters. The fourth-order valence-electron chi connectivity index (χ4n) is 2.53. The van der Waals surface area contributed by atoms with Gasteiger partial charge in [0.25, 0.3) is 0 Å². The minimum Gasteiger partial charge on any atom is -0.391 e. The molecule has 21 heavy (non-hydrogen) atoms. The lowest BCUT2D eigenvalue weighted by Gasteiger charge is -2.13. The summed E-state index contributed by atoms with van der Waals surface area (Å²) in [6, 6.07) is 12.2. The SMILES string of the molecule is Cl.OC1CNCC1CNCc1cc(-c2ccccc2)n[nH]1. The Kier molecular flexibility index (Phi) is 5.76. The Morgan fingerprint density at radius 1 is 1.24 bits per heavy atom. The summed E-state index contributed by atoms with van der Waals surface area (Å²) < 4.78 is 0. The van der Waals surface area contributed by atoms with Crippen molar-refractivity contribution in [2.24, 2.45) is 5.92 Å². The average Bonchev–Trinajstić information content (AvgIpc) is 3.10. The van der Waals surface area contributed by atoms with Crippen LogP contribution in [0.5, 0.6) is 0 Å². The summed E-state index contributed by atoms with van der Waals surface area (Å²) in [5, 5.41) is 23.6. The Bertz CT molecular complexity index is 546. The van der Waals surface area contributed by atoms with Crippen LogP contribution in [0.4, 0.5) is 0 Å². The van der Waals surface area contributed by atoms with E-state index in [9.17, 15) is 5.11 Å². The van der Waals surface area contributed by atoms with E-state index in [0.717, 1.165) is 36.6 Å². The van der Waals surface area contributed by atoms with Gasteiger partial charge in [-0.2, -0.15) is 5.10 Å². The third kappa shape index (κ3) is 4.04. The third-order valence-corrected chi connectivity index (χ3v) is 3.73. The summed E-state index contributed by atoms with van der Waals surface area (Å²) in [7, 11) is 0. The molecule has 2 unspecified atom stereocenters. The van der Waals surface area contributed by atoms with Crippen LogP contribution >= 0.6 is 12.4 Å². The van der Waals surface area contributed by atoms with Crippen molar-refractivity contribution >= 4 is 12.4 Å². The van der Waals surface area contributed by atoms with Gasteiger partial charge in [-0.15, -0.1) is 12.4 Å². The number of β-amino-alcohol motifs (C(OH)–C–C–N with tert-alkyl or cyclic N) is 1. The molecule has 4 N–H and O–H groups in total. The van der Waals surface area contributed by atoms with Gasteiger partial charge in [-0.05, 0) is 6.07 Å². The fraction of sp³-hybridized carbons (Fsp3) is 0.400. The van der Waals surface area contributed by atoms with E-state index in [1.54, 1.807) is 0 Å². The highest BCUT2D eigenvalue weighted by atomic mass is 35.5. The van der Waals surface area contributed by atoms with Gasteiger partial charge in [0.2, 0.25) is 0 Å². The lowest BCUT2D eigenvalue weighted by Crippen LogP contribution is -2.30. The Morgan fingerprint density at radius 2 is 2.05 bits per heavy atom. The quantitative estimate of drug-likeness (QED) is 0.669. The molecule has 1 fully saturated rings. The zero-order valence-electron chi connectivity index (χ0n) is 11.7. The van der Waals surface area contributed by atoms with Gasteiger partial charge in [-0.1, -0.05) is 30.3 Å². The zero-order chi connectivity index (χ0) is 13.8. The summed E-state index contributed by atoms with van der Waals surface area (Å²) >= 11 is 0. The molecule has 1 aliphatic rings. The summed E-state index contributed by atoms with van der Waals surface area (Å²) in [5.74, 6) is 0.298. The predicted octanol–water partition coefficient (Wildman–Crippen LogP) is 1.17. The van der Waals surface area contributed by atoms with Crippen LogP contribution in [0.1, 0.15) is 5.69 Å². The van der Waals surface area contributed by atoms with Crippen LogP contribution in [0.2, 0.25) is 0 Å². The first-order valence-electron chi connectivity index (χ1n) is 7.02. The lowest BCUT2D eigenvalue weighted by molar-refractivity contribution is 0.146. The second kappa shape index (κ2) is 7.56. The van der Waals surface area contributed by atoms with Crippen molar-refractivity contribution in [3.05, 3.63) is 42.1 Å². The number of aliphatic hydroxyl groups excluding tert-OH is 1. The summed E-state index contributed by atoms with van der Waals surface area (Å²) in [4.78, 5) is 0. The number of nitrogens with zero attached hydrogens (tertiary/aromatic N) is 1. The summed E-state index contributed by atoms with van der Waals surface area (Å²) in [6.45, 7) is 3.14. The topological polar surface area (TPSA) is 73.0 Å². The maximum atomic E-state index is 9.72. The molecule has 5 nitrogen and oxygen atoms in total. The molecule has 114 valence electrons. The fourth-order valence-corrected chi connectivity index (χ4v) is 2.53. The molecular weight excluding hydrogens is 288 g/mol. The Labute approximate surface area is 130 Å². The molecule has 0 bridgehead atoms. The molecule has 0 saturated carbocycles. The lowest BCUT2D eigenvalue weighted by atomic mass is 10.1. The van der Waals surface area contributed by atoms with E-state index in [1.165, 1.54) is 0 Å². The normalized spacial score (nSPS) is 21.2. The van der Waals surface area contributed by atoms with E-state index < -0.39 is 0 Å². The van der Waals surface area contributed by atoms with Gasteiger partial charge in [-0.3, -0.25) is 5.10 Å². The molecule has 3 rings (SSSR count). The Morgan fingerprint density at radius 3 is 2.76 bits per heavy atom. The van der Waals surface area contributed by atoms with Crippen molar-refractivity contribution in [2.75, 3.05) is 19.6 Å². The van der Waals surface area contributed by atoms with E-state index in [4.69, 9.17) is 0 Å². The van der Waals surface area contributed by atoms with Crippen molar-refractivity contribution in [1.29, 1.82) is 0 Å². The minimum absolute atomic E-state index is 0. The average molecular weight is 309 g/mol. The van der Waals surface area contributed by atoms with Crippen LogP contribution in [-0.4, -0.2) is 41.0 Å². The van der Waals surface area contributed by atoms with Crippen molar-refractivity contribution < 1.29 is 5.11 Å². The Hall–Kier alpha value is -1.40. The highest BCUT2D eigenvalue weighted by Gasteiger charge is 2.24. The van der Waals surface area contributed by atoms with Crippen LogP contribution in [0.25, 0.3) is 11.3 Å². The maximum absolute atomic E-state index is 9.72. The van der Waals surface area contributed by atoms with Crippen LogP contribution in [0, 0.1) is 5.92 Å². The number of nitrogens with one attached hydrogen (secondary N) is 3. The minimum atomic E-state index is -0.232. The number of aromatic amines is 1. The van der Waals surface area contributed by atoms with Gasteiger partial charge in [0.05, 0.1) is 11.8 Å². The standard InChI is InChI=1S/C15H20N4O.ClH/c20-15-10-17-8-12(15)7-16-9-13-6-14(19-18-13)11-4-2-1-3-5-11;/h1-6,12,15-17,20H,7-10H2,(H,18,19);1H. The molecule has 1 saturated heterocycles. The number of H-pyrrole nitrogens is 1. The third-order valence-electron chi connectivity index (χ3n) is 3.73. The highest BCUT2D eigenvalue weighted by Crippen LogP contribution is 2.16. The molecule has 6 heteroatoms. The van der Waals surface area contributed by atoms with E-state index >= 15 is 0 Å². The first-order chi connectivity index (χ1) is 9.83. The van der Waals surface area contributed by atoms with Crippen LogP contribution in [-0.2, 0) is 6.54 Å². The van der Waals surface area contributed by atoms with Crippen LogP contribution in [0.15, 0.2) is 36.4 Å². The molecule has 1 aliphatic heterocycles. The maximum Gasteiger partial charge on any atom is 0.0924 e. The van der Waals surface area contributed by atoms with Gasteiger partial charge in [0.1, 0.15) is 0 Å². The molecule has 0 radical (unpaired) electrons. The van der Waals surface area contributed by atoms with E-state index in [-0.39, 0.29) is 18.5 Å². The molecule has 2 heterocycles. The van der Waals surface area contributed by atoms with Crippen molar-refractivity contribution in [1.82, 2.24) is 20.8 Å². The molecule has 0 amide bonds. The number of rotatable bonds is 5. The number of benzene rings is 1. The van der Waals surface area contributed by atoms with E-state index in [0.29, 0.717) is 12.5 Å². The monoisotopic (exact) mass is 308 g/mol. The predicted molar refractivity (Wildman–Crippen MR) is 85.3 cm³/mol. The highest BCUT2D eigenvalue weighted by molar-refractivity contribution is 5.85. The van der Waals surface area contributed by atoms with E-state index in [1.807, 2.05) is 30.3 Å². The molecule has 2 aromatic rings. The van der Waals surface area contributed by atoms with Gasteiger partial charge in [0, 0.05) is 43.4 Å². The second-order valence-electron chi connectivity index (χ2n) is 5.26. The van der Waals surface area contributed by atoms with Crippen molar-refractivity contribution in [2.45, 2.75) is 12.6 Å². The second-order valence-corrected chi connectivity index (χ2v) is 5.26. The number of aliphatic hydroxyl groups is 1. The molecule has 0 spiro atoms. The van der Waals surface area contributed by atoms with Gasteiger partial charge in [-0.25, -0.2) is 0 Å². The molecule has 1 aromatic heterocycles. The van der Waals surface area contributed by atoms with Crippen LogP contribution < -0.4 is 10.6 Å². The van der Waals surface area contributed by atoms with Crippen molar-refractivity contribution in [3.8, 4) is 11.3 Å². The molecule has 0 aliphatic carbocycles.